The number of likely N-dealkylation sites (N-methyl/N-ethyl adjacent to an activating group) is 1. The molecule has 0 spiro atoms. The zero-order valence-electron chi connectivity index (χ0n) is 12.9. The highest BCUT2D eigenvalue weighted by atomic mass is 35.5. The minimum absolute atomic E-state index is 0.0170. The van der Waals surface area contributed by atoms with Crippen molar-refractivity contribution >= 4 is 23.2 Å². The van der Waals surface area contributed by atoms with Crippen molar-refractivity contribution in [1.29, 1.82) is 0 Å². The number of hydrogen-bond donors (Lipinski definition) is 1. The second kappa shape index (κ2) is 7.65. The number of halogens is 2. The van der Waals surface area contributed by atoms with Crippen LogP contribution in [0.1, 0.15) is 39.7 Å². The number of hydrogen-bond acceptors (Lipinski definition) is 2. The van der Waals surface area contributed by atoms with Crippen LogP contribution in [0.2, 0.25) is 10.0 Å². The first-order valence-corrected chi connectivity index (χ1v) is 8.09. The molecule has 114 valence electrons. The maximum Gasteiger partial charge on any atom is 0.0439 e. The zero-order chi connectivity index (χ0) is 15.3. The molecule has 0 bridgehead atoms. The average molecular weight is 317 g/mol. The molecule has 0 aliphatic carbocycles. The third kappa shape index (κ3) is 3.88. The molecule has 1 aromatic carbocycles. The topological polar surface area (TPSA) is 29.3 Å². The van der Waals surface area contributed by atoms with Gasteiger partial charge in [0.25, 0.3) is 0 Å². The van der Waals surface area contributed by atoms with Gasteiger partial charge in [0.1, 0.15) is 0 Å². The molecule has 0 saturated carbocycles. The molecule has 0 aromatic heterocycles. The highest BCUT2D eigenvalue weighted by Crippen LogP contribution is 2.28. The summed E-state index contributed by atoms with van der Waals surface area (Å²) >= 11 is 12.3. The smallest absolute Gasteiger partial charge is 0.0439 e. The Balaban J connectivity index is 2.97. The summed E-state index contributed by atoms with van der Waals surface area (Å²) in [6.07, 6.45) is 1.74. The molecular formula is C16H26Cl2N2. The Morgan fingerprint density at radius 1 is 1.20 bits per heavy atom. The predicted molar refractivity (Wildman–Crippen MR) is 89.8 cm³/mol. The molecule has 4 heteroatoms. The number of rotatable bonds is 7. The lowest BCUT2D eigenvalue weighted by Gasteiger charge is -2.44. The average Bonchev–Trinajstić information content (AvgIpc) is 2.43. The van der Waals surface area contributed by atoms with Gasteiger partial charge in [-0.2, -0.15) is 0 Å². The largest absolute Gasteiger partial charge is 0.326 e. The van der Waals surface area contributed by atoms with Crippen LogP contribution in [-0.2, 0) is 6.42 Å². The number of benzene rings is 1. The van der Waals surface area contributed by atoms with Crippen LogP contribution in [0.3, 0.4) is 0 Å². The molecule has 2 N–H and O–H groups in total. The molecule has 0 aliphatic rings. The lowest BCUT2D eigenvalue weighted by molar-refractivity contribution is 0.0845. The van der Waals surface area contributed by atoms with Gasteiger partial charge in [-0.25, -0.2) is 0 Å². The summed E-state index contributed by atoms with van der Waals surface area (Å²) in [6.45, 7) is 10.8. The van der Waals surface area contributed by atoms with Crippen LogP contribution in [0.15, 0.2) is 18.2 Å². The quantitative estimate of drug-likeness (QED) is 0.809. The standard InChI is InChI=1S/C16H26Cl2N2/c1-5-16(4,20(6-2)7-3)15(19)11-12-10-13(17)8-9-14(12)18/h8-10,15H,5-7,11,19H2,1-4H3. The van der Waals surface area contributed by atoms with Crippen molar-refractivity contribution in [2.24, 2.45) is 5.73 Å². The fraction of sp³-hybridized carbons (Fsp3) is 0.625. The lowest BCUT2D eigenvalue weighted by atomic mass is 9.84. The molecule has 0 heterocycles. The fourth-order valence-corrected chi connectivity index (χ4v) is 3.21. The van der Waals surface area contributed by atoms with Crippen LogP contribution in [0, 0.1) is 0 Å². The minimum Gasteiger partial charge on any atom is -0.326 e. The SMILES string of the molecule is CCN(CC)C(C)(CC)C(N)Cc1cc(Cl)ccc1Cl. The van der Waals surface area contributed by atoms with Crippen LogP contribution in [0.25, 0.3) is 0 Å². The molecule has 0 amide bonds. The Morgan fingerprint density at radius 2 is 1.80 bits per heavy atom. The molecule has 2 unspecified atom stereocenters. The third-order valence-corrected chi connectivity index (χ3v) is 5.05. The van der Waals surface area contributed by atoms with Crippen LogP contribution in [-0.4, -0.2) is 29.6 Å². The summed E-state index contributed by atoms with van der Waals surface area (Å²) in [5.74, 6) is 0. The van der Waals surface area contributed by atoms with E-state index in [0.29, 0.717) is 5.02 Å². The Hall–Kier alpha value is -0.280. The van der Waals surface area contributed by atoms with Gasteiger partial charge >= 0.3 is 0 Å². The zero-order valence-corrected chi connectivity index (χ0v) is 14.4. The Labute approximate surface area is 133 Å². The van der Waals surface area contributed by atoms with E-state index >= 15 is 0 Å². The van der Waals surface area contributed by atoms with E-state index in [9.17, 15) is 0 Å². The summed E-state index contributed by atoms with van der Waals surface area (Å²) in [4.78, 5) is 2.43. The van der Waals surface area contributed by atoms with E-state index < -0.39 is 0 Å². The van der Waals surface area contributed by atoms with Crippen molar-refractivity contribution in [3.63, 3.8) is 0 Å². The van der Waals surface area contributed by atoms with Gasteiger partial charge in [-0.1, -0.05) is 44.0 Å². The highest BCUT2D eigenvalue weighted by molar-refractivity contribution is 6.33. The van der Waals surface area contributed by atoms with E-state index in [1.807, 2.05) is 18.2 Å². The Bertz CT molecular complexity index is 432. The first kappa shape index (κ1) is 17.8. The third-order valence-electron chi connectivity index (χ3n) is 4.45. The van der Waals surface area contributed by atoms with Gasteiger partial charge in [-0.15, -0.1) is 0 Å². The van der Waals surface area contributed by atoms with Crippen molar-refractivity contribution in [3.8, 4) is 0 Å². The summed E-state index contributed by atoms with van der Waals surface area (Å²) in [5.41, 5.74) is 7.52. The van der Waals surface area contributed by atoms with Crippen LogP contribution >= 0.6 is 23.2 Å². The van der Waals surface area contributed by atoms with Crippen LogP contribution < -0.4 is 5.73 Å². The maximum absolute atomic E-state index is 6.52. The van der Waals surface area contributed by atoms with E-state index in [1.165, 1.54) is 0 Å². The minimum atomic E-state index is -0.0326. The van der Waals surface area contributed by atoms with E-state index in [1.54, 1.807) is 0 Å². The fourth-order valence-electron chi connectivity index (χ4n) is 2.82. The van der Waals surface area contributed by atoms with Gasteiger partial charge in [0.05, 0.1) is 0 Å². The Morgan fingerprint density at radius 3 is 2.30 bits per heavy atom. The van der Waals surface area contributed by atoms with Gasteiger partial charge in [0.15, 0.2) is 0 Å². The number of nitrogens with zero attached hydrogens (tertiary/aromatic N) is 1. The summed E-state index contributed by atoms with van der Waals surface area (Å²) in [7, 11) is 0. The molecule has 2 nitrogen and oxygen atoms in total. The summed E-state index contributed by atoms with van der Waals surface area (Å²) in [6, 6.07) is 5.58. The van der Waals surface area contributed by atoms with Gasteiger partial charge < -0.3 is 5.73 Å². The second-order valence-corrected chi connectivity index (χ2v) is 6.27. The molecule has 0 saturated heterocycles. The predicted octanol–water partition coefficient (Wildman–Crippen LogP) is 4.37. The van der Waals surface area contributed by atoms with Gasteiger partial charge in [-0.05, 0) is 56.6 Å². The van der Waals surface area contributed by atoms with Gasteiger partial charge in [-0.3, -0.25) is 4.90 Å². The van der Waals surface area contributed by atoms with E-state index in [2.05, 4.69) is 32.6 Å². The highest BCUT2D eigenvalue weighted by Gasteiger charge is 2.34. The van der Waals surface area contributed by atoms with Crippen molar-refractivity contribution in [1.82, 2.24) is 4.90 Å². The van der Waals surface area contributed by atoms with Gasteiger partial charge in [0.2, 0.25) is 0 Å². The van der Waals surface area contributed by atoms with Crippen molar-refractivity contribution in [3.05, 3.63) is 33.8 Å². The van der Waals surface area contributed by atoms with Gasteiger partial charge in [0, 0.05) is 21.6 Å². The molecule has 1 aromatic rings. The van der Waals surface area contributed by atoms with Crippen molar-refractivity contribution < 1.29 is 0 Å². The molecule has 0 fully saturated rings. The molecular weight excluding hydrogens is 291 g/mol. The summed E-state index contributed by atoms with van der Waals surface area (Å²) in [5, 5.41) is 1.44. The molecule has 0 radical (unpaired) electrons. The normalized spacial score (nSPS) is 16.2. The first-order valence-electron chi connectivity index (χ1n) is 7.33. The molecule has 0 aliphatic heterocycles. The van der Waals surface area contributed by atoms with E-state index in [4.69, 9.17) is 28.9 Å². The van der Waals surface area contributed by atoms with Crippen LogP contribution in [0.5, 0.6) is 0 Å². The van der Waals surface area contributed by atoms with E-state index in [0.717, 1.165) is 36.5 Å². The molecule has 1 rings (SSSR count). The monoisotopic (exact) mass is 316 g/mol. The Kier molecular flexibility index (Phi) is 6.80. The molecule has 2 atom stereocenters. The van der Waals surface area contributed by atoms with Crippen molar-refractivity contribution in [2.45, 2.75) is 52.1 Å². The first-order chi connectivity index (χ1) is 9.38. The van der Waals surface area contributed by atoms with Crippen molar-refractivity contribution in [2.75, 3.05) is 13.1 Å². The maximum atomic E-state index is 6.52. The van der Waals surface area contributed by atoms with E-state index in [-0.39, 0.29) is 11.6 Å². The lowest BCUT2D eigenvalue weighted by Crippen LogP contribution is -2.58. The second-order valence-electron chi connectivity index (χ2n) is 5.43. The number of nitrogens with two attached hydrogens (primary N) is 1. The summed E-state index contributed by atoms with van der Waals surface area (Å²) < 4.78 is 0. The van der Waals surface area contributed by atoms with Crippen LogP contribution in [0.4, 0.5) is 0 Å². The molecule has 20 heavy (non-hydrogen) atoms.